The number of hydrogen-bond acceptors (Lipinski definition) is 6. The Bertz CT molecular complexity index is 1810. The summed E-state index contributed by atoms with van der Waals surface area (Å²) < 4.78 is 86.6. The number of nitrogens with zero attached hydrogens (tertiary/aromatic N) is 3. The number of pyridine rings is 1. The molecule has 16 heteroatoms. The molecule has 5 aromatic rings. The van der Waals surface area contributed by atoms with Crippen LogP contribution in [0.4, 0.5) is 32.0 Å². The Morgan fingerprint density at radius 2 is 1.74 bits per heavy atom. The van der Waals surface area contributed by atoms with Gasteiger partial charge in [-0.05, 0) is 29.3 Å². The fourth-order valence-corrected chi connectivity index (χ4v) is 5.53. The predicted molar refractivity (Wildman–Crippen MR) is 141 cm³/mol. The maximum atomic E-state index is 13.7. The van der Waals surface area contributed by atoms with Crippen LogP contribution in [0.3, 0.4) is 0 Å². The molecule has 0 aliphatic rings. The van der Waals surface area contributed by atoms with E-state index >= 15 is 0 Å². The van der Waals surface area contributed by atoms with Gasteiger partial charge < -0.3 is 15.5 Å². The molecule has 4 aromatic heterocycles. The molecule has 8 nitrogen and oxygen atoms in total. The molecule has 0 radical (unpaired) electrons. The number of benzene rings is 1. The highest BCUT2D eigenvalue weighted by Crippen LogP contribution is 2.43. The highest BCUT2D eigenvalue weighted by molar-refractivity contribution is 7.21. The zero-order chi connectivity index (χ0) is 30.3. The molecule has 0 saturated heterocycles. The molecule has 0 saturated carbocycles. The van der Waals surface area contributed by atoms with Crippen molar-refractivity contribution in [2.75, 3.05) is 5.32 Å². The van der Waals surface area contributed by atoms with Crippen LogP contribution in [0.25, 0.3) is 21.3 Å². The summed E-state index contributed by atoms with van der Waals surface area (Å²) in [6.07, 6.45) is -9.36. The second kappa shape index (κ2) is 11.5. The van der Waals surface area contributed by atoms with Gasteiger partial charge in [-0.1, -0.05) is 41.9 Å². The first kappa shape index (κ1) is 29.1. The topological polar surface area (TPSA) is 116 Å². The van der Waals surface area contributed by atoms with E-state index < -0.39 is 59.7 Å². The summed E-state index contributed by atoms with van der Waals surface area (Å²) in [6, 6.07) is 11.9. The van der Waals surface area contributed by atoms with E-state index in [1.165, 1.54) is 12.1 Å². The van der Waals surface area contributed by atoms with Crippen molar-refractivity contribution < 1.29 is 40.3 Å². The molecule has 0 atom stereocenters. The third kappa shape index (κ3) is 5.44. The van der Waals surface area contributed by atoms with E-state index in [0.29, 0.717) is 21.6 Å². The number of thiophene rings is 1. The highest BCUT2D eigenvalue weighted by atomic mass is 35.5. The number of carbonyl (C=O) groups is 2. The van der Waals surface area contributed by atoms with Gasteiger partial charge in [-0.3, -0.25) is 14.3 Å². The monoisotopic (exact) mass is 627 g/mol. The number of nitrogens with one attached hydrogen (secondary N) is 1. The number of carbonyl (C=O) groups excluding carboxylic acids is 2. The van der Waals surface area contributed by atoms with Crippen LogP contribution in [-0.4, -0.2) is 26.6 Å². The number of fused-ring (bicyclic) bond motifs is 1. The van der Waals surface area contributed by atoms with E-state index in [-0.39, 0.29) is 37.9 Å². The van der Waals surface area contributed by atoms with Gasteiger partial charge in [0.05, 0.1) is 17.3 Å². The molecule has 3 N–H and O–H groups in total. The molecular weight excluding hydrogens is 612 g/mol. The Balaban J connectivity index is 1.52. The van der Waals surface area contributed by atoms with Crippen molar-refractivity contribution >= 4 is 50.7 Å². The maximum Gasteiger partial charge on any atom is 0.291 e. The summed E-state index contributed by atoms with van der Waals surface area (Å²) in [5.74, 6) is -2.35. The molecular formula is C26H16ClF6N5O3S. The molecule has 0 spiro atoms. The number of hydrogen-bond donors (Lipinski definition) is 2. The molecule has 0 unspecified atom stereocenters. The maximum absolute atomic E-state index is 13.7. The van der Waals surface area contributed by atoms with Gasteiger partial charge in [0.15, 0.2) is 5.76 Å². The quantitative estimate of drug-likeness (QED) is 0.163. The molecule has 2 amide bonds. The minimum absolute atomic E-state index is 0.0146. The van der Waals surface area contributed by atoms with Gasteiger partial charge >= 0.3 is 0 Å². The van der Waals surface area contributed by atoms with Crippen molar-refractivity contribution in [3.05, 3.63) is 87.0 Å². The van der Waals surface area contributed by atoms with Crippen molar-refractivity contribution in [1.29, 1.82) is 0 Å². The number of rotatable bonds is 9. The molecule has 0 fully saturated rings. The number of halogens is 7. The first-order valence-corrected chi connectivity index (χ1v) is 13.0. The van der Waals surface area contributed by atoms with Gasteiger partial charge in [-0.25, -0.2) is 31.3 Å². The van der Waals surface area contributed by atoms with Crippen molar-refractivity contribution in [3.63, 3.8) is 0 Å². The van der Waals surface area contributed by atoms with E-state index in [1.54, 1.807) is 30.3 Å². The lowest BCUT2D eigenvalue weighted by Gasteiger charge is -2.10. The number of furan rings is 1. The molecule has 0 aliphatic carbocycles. The second-order valence-corrected chi connectivity index (χ2v) is 10.1. The van der Waals surface area contributed by atoms with Gasteiger partial charge in [0.25, 0.3) is 31.1 Å². The Hall–Kier alpha value is -4.37. The number of primary amides is 1. The Morgan fingerprint density at radius 1 is 1.02 bits per heavy atom. The lowest BCUT2D eigenvalue weighted by molar-refractivity contribution is 0.0994. The van der Waals surface area contributed by atoms with Crippen molar-refractivity contribution in [2.45, 2.75) is 25.8 Å². The molecule has 4 heterocycles. The normalized spacial score (nSPS) is 11.8. The van der Waals surface area contributed by atoms with Gasteiger partial charge in [0.1, 0.15) is 32.5 Å². The number of aromatic nitrogens is 3. The van der Waals surface area contributed by atoms with Crippen LogP contribution in [0.2, 0.25) is 5.02 Å². The lowest BCUT2D eigenvalue weighted by Crippen LogP contribution is -2.16. The van der Waals surface area contributed by atoms with Crippen molar-refractivity contribution in [2.24, 2.45) is 5.73 Å². The zero-order valence-electron chi connectivity index (χ0n) is 20.8. The summed E-state index contributed by atoms with van der Waals surface area (Å²) in [4.78, 5) is 29.3. The first-order valence-electron chi connectivity index (χ1n) is 11.8. The van der Waals surface area contributed by atoms with E-state index in [4.69, 9.17) is 21.8 Å². The minimum Gasteiger partial charge on any atom is -0.454 e. The van der Waals surface area contributed by atoms with Gasteiger partial charge in [-0.2, -0.15) is 5.10 Å². The van der Waals surface area contributed by atoms with Crippen LogP contribution in [0.15, 0.2) is 52.9 Å². The average Bonchev–Trinajstić information content (AvgIpc) is 3.64. The summed E-state index contributed by atoms with van der Waals surface area (Å²) in [7, 11) is 0. The predicted octanol–water partition coefficient (Wildman–Crippen LogP) is 7.62. The molecule has 42 heavy (non-hydrogen) atoms. The fourth-order valence-electron chi connectivity index (χ4n) is 4.22. The van der Waals surface area contributed by atoms with Crippen molar-refractivity contribution in [1.82, 2.24) is 14.8 Å². The summed E-state index contributed by atoms with van der Waals surface area (Å²) >= 11 is 6.38. The average molecular weight is 628 g/mol. The van der Waals surface area contributed by atoms with Gasteiger partial charge in [0.2, 0.25) is 0 Å². The third-order valence-electron chi connectivity index (χ3n) is 6.01. The van der Waals surface area contributed by atoms with Crippen LogP contribution in [0.1, 0.15) is 62.3 Å². The number of anilines is 1. The van der Waals surface area contributed by atoms with Gasteiger partial charge in [-0.15, -0.1) is 11.3 Å². The van der Waals surface area contributed by atoms with E-state index in [2.05, 4.69) is 15.4 Å². The van der Waals surface area contributed by atoms with E-state index in [9.17, 15) is 35.9 Å². The SMILES string of the molecule is NC(=O)c1sc2nc(C(F)F)cc(-c3ccccc3)c2c1NC(=O)c1ccc(Cn2nc(C(F)F)c(Cl)c2C(F)F)o1. The third-order valence-corrected chi connectivity index (χ3v) is 7.50. The van der Waals surface area contributed by atoms with E-state index in [1.807, 2.05) is 0 Å². The Labute approximate surface area is 240 Å². The molecule has 0 bridgehead atoms. The van der Waals surface area contributed by atoms with Crippen LogP contribution < -0.4 is 11.1 Å². The molecule has 5 rings (SSSR count). The minimum atomic E-state index is -3.23. The Kier molecular flexibility index (Phi) is 7.97. The molecule has 0 aliphatic heterocycles. The summed E-state index contributed by atoms with van der Waals surface area (Å²) in [5, 5.41) is 5.25. The van der Waals surface area contributed by atoms with Crippen molar-refractivity contribution in [3.8, 4) is 11.1 Å². The Morgan fingerprint density at radius 3 is 2.36 bits per heavy atom. The summed E-state index contributed by atoms with van der Waals surface area (Å²) in [5.41, 5.74) is 3.64. The zero-order valence-corrected chi connectivity index (χ0v) is 22.3. The summed E-state index contributed by atoms with van der Waals surface area (Å²) in [6.45, 7) is -0.564. The van der Waals surface area contributed by atoms with E-state index in [0.717, 1.165) is 6.07 Å². The smallest absolute Gasteiger partial charge is 0.291 e. The standard InChI is InChI=1S/C26H16ClF6N5O3S/c27-16-18(22(30)31)37-38(19(16)23(32)33)9-11-6-7-14(41-11)25(40)36-17-15-12(10-4-2-1-3-5-10)8-13(21(28)29)35-26(15)42-20(17)24(34)39/h1-8,21-23H,9H2,(H2,34,39)(H,36,40). The lowest BCUT2D eigenvalue weighted by atomic mass is 10.0. The fraction of sp³-hybridized carbons (Fsp3) is 0.154. The van der Waals surface area contributed by atoms with Gasteiger partial charge in [0, 0.05) is 5.39 Å². The van der Waals surface area contributed by atoms with Crippen LogP contribution in [0.5, 0.6) is 0 Å². The first-order chi connectivity index (χ1) is 20.0. The second-order valence-electron chi connectivity index (χ2n) is 8.68. The van der Waals surface area contributed by atoms with Crippen LogP contribution >= 0.6 is 22.9 Å². The van der Waals surface area contributed by atoms with Crippen LogP contribution in [0, 0.1) is 0 Å². The molecule has 1 aromatic carbocycles. The number of nitrogens with two attached hydrogens (primary N) is 1. The molecule has 218 valence electrons. The van der Waals surface area contributed by atoms with Crippen LogP contribution in [-0.2, 0) is 6.54 Å². The highest BCUT2D eigenvalue weighted by Gasteiger charge is 2.29. The largest absolute Gasteiger partial charge is 0.454 e. The number of amides is 2. The number of alkyl halides is 6.